The predicted molar refractivity (Wildman–Crippen MR) is 46.5 cm³/mol. The molecule has 0 aromatic heterocycles. The van der Waals surface area contributed by atoms with Crippen LogP contribution in [-0.4, -0.2) is 5.11 Å². The summed E-state index contributed by atoms with van der Waals surface area (Å²) < 4.78 is 0. The van der Waals surface area contributed by atoms with E-state index in [0.29, 0.717) is 5.76 Å². The van der Waals surface area contributed by atoms with Crippen LogP contribution in [0.4, 0.5) is 0 Å². The Morgan fingerprint density at radius 3 is 2.55 bits per heavy atom. The van der Waals surface area contributed by atoms with Crippen LogP contribution in [0.3, 0.4) is 0 Å². The van der Waals surface area contributed by atoms with Crippen molar-refractivity contribution >= 4 is 0 Å². The van der Waals surface area contributed by atoms with Crippen molar-refractivity contribution < 1.29 is 5.11 Å². The molecule has 0 heterocycles. The van der Waals surface area contributed by atoms with E-state index in [2.05, 4.69) is 0 Å². The molecule has 1 rings (SSSR count). The topological polar surface area (TPSA) is 20.2 Å². The second-order valence-electron chi connectivity index (χ2n) is 2.54. The molecule has 0 saturated heterocycles. The third-order valence-corrected chi connectivity index (χ3v) is 1.48. The lowest BCUT2D eigenvalue weighted by Gasteiger charge is -1.94. The smallest absolute Gasteiger partial charge is 0.0855 e. The van der Waals surface area contributed by atoms with Gasteiger partial charge in [-0.1, -0.05) is 30.3 Å². The molecule has 0 spiro atoms. The molecule has 1 aromatic rings. The zero-order chi connectivity index (χ0) is 8.10. The summed E-state index contributed by atoms with van der Waals surface area (Å²) in [6.45, 7) is 1.68. The second-order valence-corrected chi connectivity index (χ2v) is 2.54. The molecule has 1 nitrogen and oxygen atoms in total. The highest BCUT2D eigenvalue weighted by molar-refractivity contribution is 5.17. The molecule has 1 aromatic carbocycles. The first-order chi connectivity index (χ1) is 5.29. The van der Waals surface area contributed by atoms with E-state index in [-0.39, 0.29) is 0 Å². The number of hydrogen-bond acceptors (Lipinski definition) is 1. The normalized spacial score (nSPS) is 11.5. The van der Waals surface area contributed by atoms with Crippen molar-refractivity contribution in [3.05, 3.63) is 47.7 Å². The van der Waals surface area contributed by atoms with Gasteiger partial charge in [-0.3, -0.25) is 0 Å². The van der Waals surface area contributed by atoms with Crippen molar-refractivity contribution in [2.24, 2.45) is 0 Å². The monoisotopic (exact) mass is 148 g/mol. The van der Waals surface area contributed by atoms with Crippen molar-refractivity contribution in [1.29, 1.82) is 0 Å². The van der Waals surface area contributed by atoms with Gasteiger partial charge in [0.2, 0.25) is 0 Å². The van der Waals surface area contributed by atoms with Crippen molar-refractivity contribution in [3.8, 4) is 0 Å². The van der Waals surface area contributed by atoms with E-state index in [1.54, 1.807) is 13.0 Å². The van der Waals surface area contributed by atoms with Gasteiger partial charge in [0, 0.05) is 0 Å². The van der Waals surface area contributed by atoms with Crippen LogP contribution in [0, 0.1) is 0 Å². The van der Waals surface area contributed by atoms with E-state index < -0.39 is 0 Å². The van der Waals surface area contributed by atoms with E-state index in [1.807, 2.05) is 30.3 Å². The fourth-order valence-corrected chi connectivity index (χ4v) is 0.880. The molecule has 0 aliphatic heterocycles. The van der Waals surface area contributed by atoms with Crippen molar-refractivity contribution in [3.63, 3.8) is 0 Å². The molecule has 0 radical (unpaired) electrons. The van der Waals surface area contributed by atoms with E-state index >= 15 is 0 Å². The van der Waals surface area contributed by atoms with Crippen LogP contribution >= 0.6 is 0 Å². The molecule has 0 atom stereocenters. The number of rotatable bonds is 2. The van der Waals surface area contributed by atoms with Gasteiger partial charge in [0.05, 0.1) is 5.76 Å². The van der Waals surface area contributed by atoms with Crippen LogP contribution in [0.2, 0.25) is 0 Å². The van der Waals surface area contributed by atoms with Gasteiger partial charge in [-0.05, 0) is 25.0 Å². The van der Waals surface area contributed by atoms with Gasteiger partial charge >= 0.3 is 0 Å². The number of allylic oxidation sites excluding steroid dienone is 2. The van der Waals surface area contributed by atoms with Gasteiger partial charge in [0.15, 0.2) is 0 Å². The maximum Gasteiger partial charge on any atom is 0.0855 e. The highest BCUT2D eigenvalue weighted by Crippen LogP contribution is 2.01. The fourth-order valence-electron chi connectivity index (χ4n) is 0.880. The van der Waals surface area contributed by atoms with Gasteiger partial charge in [-0.15, -0.1) is 0 Å². The molecule has 0 aliphatic rings. The van der Waals surface area contributed by atoms with Crippen LogP contribution in [-0.2, 0) is 6.42 Å². The maximum atomic E-state index is 8.87. The van der Waals surface area contributed by atoms with E-state index in [4.69, 9.17) is 5.11 Å². The Balaban J connectivity index is 2.59. The van der Waals surface area contributed by atoms with Gasteiger partial charge < -0.3 is 5.11 Å². The minimum absolute atomic E-state index is 0.383. The summed E-state index contributed by atoms with van der Waals surface area (Å²) in [4.78, 5) is 0. The minimum atomic E-state index is 0.383. The molecule has 1 N–H and O–H groups in total. The summed E-state index contributed by atoms with van der Waals surface area (Å²) in [6.07, 6.45) is 2.61. The van der Waals surface area contributed by atoms with Crippen molar-refractivity contribution in [1.82, 2.24) is 0 Å². The van der Waals surface area contributed by atoms with Crippen molar-refractivity contribution in [2.45, 2.75) is 13.3 Å². The number of aliphatic hydroxyl groups is 1. The van der Waals surface area contributed by atoms with E-state index in [9.17, 15) is 0 Å². The largest absolute Gasteiger partial charge is 0.513 e. The van der Waals surface area contributed by atoms with Crippen LogP contribution < -0.4 is 0 Å². The SMILES string of the molecule is CC(O)=CCc1ccccc1. The molecular formula is C10H12O. The highest BCUT2D eigenvalue weighted by atomic mass is 16.3. The lowest BCUT2D eigenvalue weighted by Crippen LogP contribution is -1.80. The second kappa shape index (κ2) is 3.81. The number of benzene rings is 1. The molecule has 0 fully saturated rings. The summed E-state index contributed by atoms with van der Waals surface area (Å²) in [5.74, 6) is 0.383. The molecule has 58 valence electrons. The van der Waals surface area contributed by atoms with Gasteiger partial charge in [-0.25, -0.2) is 0 Å². The highest BCUT2D eigenvalue weighted by Gasteiger charge is 1.86. The molecule has 0 aliphatic carbocycles. The molecule has 0 saturated carbocycles. The summed E-state index contributed by atoms with van der Waals surface area (Å²) >= 11 is 0. The Kier molecular flexibility index (Phi) is 2.73. The third-order valence-electron chi connectivity index (χ3n) is 1.48. The average molecular weight is 148 g/mol. The van der Waals surface area contributed by atoms with Gasteiger partial charge in [0.25, 0.3) is 0 Å². The van der Waals surface area contributed by atoms with Gasteiger partial charge in [-0.2, -0.15) is 0 Å². The molecule has 1 heteroatoms. The van der Waals surface area contributed by atoms with Crippen molar-refractivity contribution in [2.75, 3.05) is 0 Å². The molecule has 0 amide bonds. The third kappa shape index (κ3) is 2.89. The van der Waals surface area contributed by atoms with E-state index in [1.165, 1.54) is 5.56 Å². The first kappa shape index (κ1) is 7.86. The zero-order valence-corrected chi connectivity index (χ0v) is 6.62. The molecule has 0 bridgehead atoms. The summed E-state index contributed by atoms with van der Waals surface area (Å²) in [7, 11) is 0. The number of aliphatic hydroxyl groups excluding tert-OH is 1. The van der Waals surface area contributed by atoms with Crippen LogP contribution in [0.5, 0.6) is 0 Å². The quantitative estimate of drug-likeness (QED) is 0.639. The lowest BCUT2D eigenvalue weighted by molar-refractivity contribution is 0.412. The number of hydrogen-bond donors (Lipinski definition) is 1. The lowest BCUT2D eigenvalue weighted by atomic mass is 10.1. The van der Waals surface area contributed by atoms with Crippen LogP contribution in [0.15, 0.2) is 42.2 Å². The summed E-state index contributed by atoms with van der Waals surface area (Å²) in [5.41, 5.74) is 1.22. The van der Waals surface area contributed by atoms with E-state index in [0.717, 1.165) is 6.42 Å². The Bertz CT molecular complexity index is 232. The van der Waals surface area contributed by atoms with Gasteiger partial charge in [0.1, 0.15) is 0 Å². The Morgan fingerprint density at radius 2 is 2.00 bits per heavy atom. The fraction of sp³-hybridized carbons (Fsp3) is 0.200. The molecule has 0 unspecified atom stereocenters. The predicted octanol–water partition coefficient (Wildman–Crippen LogP) is 2.69. The first-order valence-corrected chi connectivity index (χ1v) is 3.68. The Morgan fingerprint density at radius 1 is 1.36 bits per heavy atom. The first-order valence-electron chi connectivity index (χ1n) is 3.68. The Labute approximate surface area is 67.0 Å². The average Bonchev–Trinajstić information content (AvgIpc) is 2.03. The minimum Gasteiger partial charge on any atom is -0.513 e. The molecule has 11 heavy (non-hydrogen) atoms. The summed E-state index contributed by atoms with van der Waals surface area (Å²) in [6, 6.07) is 10.1. The molecular weight excluding hydrogens is 136 g/mol. The van der Waals surface area contributed by atoms with Crippen LogP contribution in [0.25, 0.3) is 0 Å². The summed E-state index contributed by atoms with van der Waals surface area (Å²) in [5, 5.41) is 8.87. The zero-order valence-electron chi connectivity index (χ0n) is 6.62. The van der Waals surface area contributed by atoms with Crippen LogP contribution in [0.1, 0.15) is 12.5 Å². The maximum absolute atomic E-state index is 8.87. The standard InChI is InChI=1S/C10H12O/c1-9(11)7-8-10-5-3-2-4-6-10/h2-7,11H,8H2,1H3. The Hall–Kier alpha value is -1.24.